The van der Waals surface area contributed by atoms with E-state index < -0.39 is 0 Å². The van der Waals surface area contributed by atoms with E-state index in [9.17, 15) is 4.79 Å². The lowest BCUT2D eigenvalue weighted by Gasteiger charge is -2.07. The van der Waals surface area contributed by atoms with E-state index in [1.54, 1.807) is 6.20 Å². The van der Waals surface area contributed by atoms with Crippen LogP contribution in [-0.2, 0) is 0 Å². The van der Waals surface area contributed by atoms with Crippen LogP contribution in [0.4, 0.5) is 0 Å². The van der Waals surface area contributed by atoms with Crippen molar-refractivity contribution in [3.05, 3.63) is 46.0 Å². The molecule has 17 heavy (non-hydrogen) atoms. The summed E-state index contributed by atoms with van der Waals surface area (Å²) < 4.78 is 0. The number of hydrogen-bond acceptors (Lipinski definition) is 3. The van der Waals surface area contributed by atoms with Gasteiger partial charge in [0.2, 0.25) is 0 Å². The van der Waals surface area contributed by atoms with Gasteiger partial charge in [-0.15, -0.1) is 0 Å². The highest BCUT2D eigenvalue weighted by Gasteiger charge is 2.09. The topological polar surface area (TPSA) is 58.6 Å². The smallest absolute Gasteiger partial charge is 0.251 e. The summed E-state index contributed by atoms with van der Waals surface area (Å²) in [4.78, 5) is 23.0. The zero-order chi connectivity index (χ0) is 12.4. The number of aromatic amines is 1. The van der Waals surface area contributed by atoms with Crippen LogP contribution in [0, 0.1) is 6.92 Å². The Bertz CT molecular complexity index is 587. The molecule has 2 aromatic heterocycles. The Morgan fingerprint density at radius 1 is 1.35 bits per heavy atom. The Kier molecular flexibility index (Phi) is 3.04. The molecule has 2 aromatic rings. The first-order valence-electron chi connectivity index (χ1n) is 5.61. The molecule has 0 bridgehead atoms. The fraction of sp³-hybridized carbons (Fsp3) is 0.308. The van der Waals surface area contributed by atoms with Crippen LogP contribution < -0.4 is 5.56 Å². The number of nitrogens with zero attached hydrogens (tertiary/aromatic N) is 2. The van der Waals surface area contributed by atoms with Gasteiger partial charge in [0.25, 0.3) is 5.56 Å². The molecule has 0 aliphatic rings. The summed E-state index contributed by atoms with van der Waals surface area (Å²) in [6, 6.07) is 5.35. The number of rotatable bonds is 2. The van der Waals surface area contributed by atoms with Crippen molar-refractivity contribution in [1.29, 1.82) is 0 Å². The molecule has 0 aliphatic heterocycles. The maximum Gasteiger partial charge on any atom is 0.251 e. The van der Waals surface area contributed by atoms with E-state index in [4.69, 9.17) is 0 Å². The molecular weight excluding hydrogens is 214 g/mol. The van der Waals surface area contributed by atoms with Gasteiger partial charge in [-0.3, -0.25) is 9.78 Å². The standard InChI is InChI=1S/C13H15N3O/c1-8(2)10-7-11(17)16-13(15-10)12-9(3)5-4-6-14-12/h4-8H,1-3H3,(H,15,16,17). The molecule has 2 rings (SSSR count). The second-order valence-corrected chi connectivity index (χ2v) is 4.34. The molecule has 0 fully saturated rings. The SMILES string of the molecule is Cc1cccnc1-c1nc(C(C)C)cc(=O)[nH]1. The molecule has 0 aromatic carbocycles. The highest BCUT2D eigenvalue weighted by atomic mass is 16.1. The molecule has 0 spiro atoms. The van der Waals surface area contributed by atoms with Gasteiger partial charge in [-0.1, -0.05) is 19.9 Å². The van der Waals surface area contributed by atoms with Crippen LogP contribution in [0.3, 0.4) is 0 Å². The molecule has 2 heterocycles. The van der Waals surface area contributed by atoms with Crippen LogP contribution in [0.2, 0.25) is 0 Å². The molecular formula is C13H15N3O. The minimum absolute atomic E-state index is 0.135. The van der Waals surface area contributed by atoms with Gasteiger partial charge < -0.3 is 4.98 Å². The summed E-state index contributed by atoms with van der Waals surface area (Å²) in [5.74, 6) is 0.763. The van der Waals surface area contributed by atoms with Crippen LogP contribution in [0.15, 0.2) is 29.2 Å². The van der Waals surface area contributed by atoms with E-state index in [-0.39, 0.29) is 11.5 Å². The molecule has 0 atom stereocenters. The molecule has 4 heteroatoms. The zero-order valence-electron chi connectivity index (χ0n) is 10.2. The van der Waals surface area contributed by atoms with Gasteiger partial charge >= 0.3 is 0 Å². The molecule has 88 valence electrons. The second-order valence-electron chi connectivity index (χ2n) is 4.34. The molecule has 0 aliphatic carbocycles. The van der Waals surface area contributed by atoms with Crippen molar-refractivity contribution in [2.75, 3.05) is 0 Å². The minimum Gasteiger partial charge on any atom is -0.305 e. The summed E-state index contributed by atoms with van der Waals surface area (Å²) >= 11 is 0. The first-order valence-corrected chi connectivity index (χ1v) is 5.61. The number of pyridine rings is 1. The summed E-state index contributed by atoms with van der Waals surface area (Å²) in [6.45, 7) is 5.97. The minimum atomic E-state index is -0.135. The number of nitrogens with one attached hydrogen (secondary N) is 1. The van der Waals surface area contributed by atoms with E-state index in [2.05, 4.69) is 15.0 Å². The molecule has 0 amide bonds. The lowest BCUT2D eigenvalue weighted by Crippen LogP contribution is -2.12. The van der Waals surface area contributed by atoms with Crippen LogP contribution in [-0.4, -0.2) is 15.0 Å². The van der Waals surface area contributed by atoms with Crippen LogP contribution in [0.25, 0.3) is 11.5 Å². The summed E-state index contributed by atoms with van der Waals surface area (Å²) in [5.41, 5.74) is 2.38. The normalized spacial score (nSPS) is 10.8. The van der Waals surface area contributed by atoms with Gasteiger partial charge in [0.05, 0.1) is 5.69 Å². The average molecular weight is 229 g/mol. The first-order chi connectivity index (χ1) is 8.08. The Morgan fingerprint density at radius 2 is 2.12 bits per heavy atom. The van der Waals surface area contributed by atoms with Crippen LogP contribution in [0.1, 0.15) is 31.0 Å². The quantitative estimate of drug-likeness (QED) is 0.859. The van der Waals surface area contributed by atoms with E-state index >= 15 is 0 Å². The lowest BCUT2D eigenvalue weighted by atomic mass is 10.1. The van der Waals surface area contributed by atoms with Crippen LogP contribution in [0.5, 0.6) is 0 Å². The zero-order valence-corrected chi connectivity index (χ0v) is 10.2. The van der Waals surface area contributed by atoms with Gasteiger partial charge in [0.15, 0.2) is 5.82 Å². The molecule has 0 saturated carbocycles. The predicted octanol–water partition coefficient (Wildman–Crippen LogP) is 2.26. The largest absolute Gasteiger partial charge is 0.305 e. The predicted molar refractivity (Wildman–Crippen MR) is 66.9 cm³/mol. The van der Waals surface area contributed by atoms with Gasteiger partial charge in [-0.25, -0.2) is 4.98 Å². The van der Waals surface area contributed by atoms with Gasteiger partial charge in [-0.2, -0.15) is 0 Å². The fourth-order valence-corrected chi connectivity index (χ4v) is 1.62. The lowest BCUT2D eigenvalue weighted by molar-refractivity contribution is 0.810. The van der Waals surface area contributed by atoms with E-state index in [1.165, 1.54) is 6.07 Å². The van der Waals surface area contributed by atoms with E-state index in [0.29, 0.717) is 5.82 Å². The third-order valence-corrected chi connectivity index (χ3v) is 2.59. The summed E-state index contributed by atoms with van der Waals surface area (Å²) in [5, 5.41) is 0. The molecule has 0 unspecified atom stereocenters. The van der Waals surface area contributed by atoms with Crippen LogP contribution >= 0.6 is 0 Å². The summed E-state index contributed by atoms with van der Waals surface area (Å²) in [7, 11) is 0. The summed E-state index contributed by atoms with van der Waals surface area (Å²) in [6.07, 6.45) is 1.70. The Labute approximate surface area is 99.8 Å². The van der Waals surface area contributed by atoms with Crippen molar-refractivity contribution < 1.29 is 0 Å². The first kappa shape index (κ1) is 11.5. The Morgan fingerprint density at radius 3 is 2.76 bits per heavy atom. The maximum absolute atomic E-state index is 11.6. The molecule has 1 N–H and O–H groups in total. The third kappa shape index (κ3) is 2.41. The third-order valence-electron chi connectivity index (χ3n) is 2.59. The maximum atomic E-state index is 11.6. The van der Waals surface area contributed by atoms with Gasteiger partial charge in [-0.05, 0) is 24.5 Å². The number of aryl methyl sites for hydroxylation is 1. The van der Waals surface area contributed by atoms with Crippen molar-refractivity contribution in [2.24, 2.45) is 0 Å². The number of hydrogen-bond donors (Lipinski definition) is 1. The monoisotopic (exact) mass is 229 g/mol. The highest BCUT2D eigenvalue weighted by molar-refractivity contribution is 5.53. The fourth-order valence-electron chi connectivity index (χ4n) is 1.62. The number of H-pyrrole nitrogens is 1. The molecule has 4 nitrogen and oxygen atoms in total. The molecule has 0 radical (unpaired) electrons. The number of aromatic nitrogens is 3. The van der Waals surface area contributed by atoms with Crippen molar-refractivity contribution in [2.45, 2.75) is 26.7 Å². The molecule has 0 saturated heterocycles. The van der Waals surface area contributed by atoms with Crippen molar-refractivity contribution in [3.8, 4) is 11.5 Å². The van der Waals surface area contributed by atoms with Gasteiger partial charge in [0.1, 0.15) is 5.69 Å². The highest BCUT2D eigenvalue weighted by Crippen LogP contribution is 2.17. The Balaban J connectivity index is 2.60. The van der Waals surface area contributed by atoms with Gasteiger partial charge in [0, 0.05) is 12.3 Å². The second kappa shape index (κ2) is 4.49. The van der Waals surface area contributed by atoms with Crippen molar-refractivity contribution in [1.82, 2.24) is 15.0 Å². The van der Waals surface area contributed by atoms with Crippen molar-refractivity contribution >= 4 is 0 Å². The average Bonchev–Trinajstić information content (AvgIpc) is 2.28. The van der Waals surface area contributed by atoms with E-state index in [1.807, 2.05) is 32.9 Å². The van der Waals surface area contributed by atoms with Crippen molar-refractivity contribution in [3.63, 3.8) is 0 Å². The van der Waals surface area contributed by atoms with E-state index in [0.717, 1.165) is 17.0 Å². The Hall–Kier alpha value is -1.97.